The van der Waals surface area contributed by atoms with Crippen LogP contribution in [0.1, 0.15) is 25.5 Å². The number of nitrogens with zero attached hydrogens (tertiary/aromatic N) is 4. The molecule has 0 saturated heterocycles. The molecule has 1 radical (unpaired) electrons. The Morgan fingerprint density at radius 3 is 2.50 bits per heavy atom. The molecule has 0 aliphatic rings. The molecule has 81 valence electrons. The van der Waals surface area contributed by atoms with E-state index in [1.165, 1.54) is 0 Å². The molecule has 0 atom stereocenters. The van der Waals surface area contributed by atoms with Crippen LogP contribution in [0.15, 0.2) is 18.5 Å². The maximum atomic E-state index is 4.30. The van der Waals surface area contributed by atoms with E-state index in [-0.39, 0.29) is 32.7 Å². The predicted molar refractivity (Wildman–Crippen MR) is 57.2 cm³/mol. The van der Waals surface area contributed by atoms with E-state index < -0.39 is 0 Å². The molecule has 0 amide bonds. The first kappa shape index (κ1) is 13.5. The Morgan fingerprint density at radius 1 is 1.31 bits per heavy atom. The Balaban J connectivity index is 0.00000128. The second kappa shape index (κ2) is 5.64. The van der Waals surface area contributed by atoms with Gasteiger partial charge in [-0.2, -0.15) is 5.10 Å². The van der Waals surface area contributed by atoms with E-state index in [4.69, 9.17) is 0 Å². The molecule has 0 spiro atoms. The Morgan fingerprint density at radius 2 is 2.06 bits per heavy atom. The van der Waals surface area contributed by atoms with E-state index in [0.717, 1.165) is 17.1 Å². The second-order valence-electron chi connectivity index (χ2n) is 3.78. The maximum Gasteiger partial charge on any atom is 0.0303 e. The van der Waals surface area contributed by atoms with E-state index in [0.29, 0.717) is 5.92 Å². The van der Waals surface area contributed by atoms with E-state index in [1.54, 1.807) is 10.9 Å². The topological polar surface area (TPSA) is 43.6 Å². The van der Waals surface area contributed by atoms with E-state index in [1.807, 2.05) is 19.3 Å². The van der Waals surface area contributed by atoms with Crippen molar-refractivity contribution in [2.24, 2.45) is 7.05 Å². The van der Waals surface area contributed by atoms with Crippen LogP contribution in [0.2, 0.25) is 0 Å². The van der Waals surface area contributed by atoms with Crippen molar-refractivity contribution in [1.29, 1.82) is 0 Å². The summed E-state index contributed by atoms with van der Waals surface area (Å²) in [6, 6.07) is 1.91. The Hall–Kier alpha value is -0.606. The summed E-state index contributed by atoms with van der Waals surface area (Å²) in [6.07, 6.45) is 6.56. The zero-order chi connectivity index (χ0) is 10.8. The van der Waals surface area contributed by atoms with Gasteiger partial charge in [-0.1, -0.05) is 13.8 Å². The normalized spacial score (nSPS) is 10.2. The maximum absolute atomic E-state index is 4.30. The van der Waals surface area contributed by atoms with Crippen molar-refractivity contribution in [3.05, 3.63) is 30.4 Å². The molecule has 0 N–H and O–H groups in total. The zero-order valence-corrected chi connectivity index (χ0v) is 12.5. The summed E-state index contributed by atoms with van der Waals surface area (Å²) in [4.78, 5) is 8.52. The van der Waals surface area contributed by atoms with Gasteiger partial charge in [0.25, 0.3) is 0 Å². The molecule has 0 saturated carbocycles. The first-order chi connectivity index (χ1) is 7.16. The van der Waals surface area contributed by atoms with Crippen LogP contribution >= 0.6 is 0 Å². The van der Waals surface area contributed by atoms with E-state index in [2.05, 4.69) is 35.1 Å². The van der Waals surface area contributed by atoms with Gasteiger partial charge in [0.05, 0.1) is 0 Å². The molecule has 0 aliphatic carbocycles. The molecule has 0 aromatic carbocycles. The first-order valence-electron chi connectivity index (χ1n) is 4.91. The summed E-state index contributed by atoms with van der Waals surface area (Å²) in [5.74, 6) is 0.357. The Bertz CT molecular complexity index is 447. The van der Waals surface area contributed by atoms with Crippen LogP contribution in [-0.4, -0.2) is 19.7 Å². The van der Waals surface area contributed by atoms with Gasteiger partial charge in [-0.05, 0) is 29.6 Å². The van der Waals surface area contributed by atoms with Gasteiger partial charge in [-0.25, -0.2) is 0 Å². The summed E-state index contributed by atoms with van der Waals surface area (Å²) in [7, 11) is 1.88. The third-order valence-corrected chi connectivity index (χ3v) is 2.14. The van der Waals surface area contributed by atoms with Gasteiger partial charge in [0, 0.05) is 51.6 Å². The molecule has 2 aromatic heterocycles. The van der Waals surface area contributed by atoms with Crippen LogP contribution in [0.3, 0.4) is 0 Å². The number of aryl methyl sites for hydroxylation is 1. The van der Waals surface area contributed by atoms with Crippen molar-refractivity contribution in [3.63, 3.8) is 0 Å². The molecule has 5 heteroatoms. The fourth-order valence-electron chi connectivity index (χ4n) is 1.26. The van der Waals surface area contributed by atoms with Gasteiger partial charge in [0.15, 0.2) is 0 Å². The molecular weight excluding hydrogens is 277 g/mol. The van der Waals surface area contributed by atoms with Crippen molar-refractivity contribution < 1.29 is 32.7 Å². The van der Waals surface area contributed by atoms with Crippen molar-refractivity contribution in [2.75, 3.05) is 0 Å². The summed E-state index contributed by atoms with van der Waals surface area (Å²) in [5.41, 5.74) is 2.48. The quantitative estimate of drug-likeness (QED) is 0.792. The minimum atomic E-state index is 0. The number of aromatic nitrogens is 4. The van der Waals surface area contributed by atoms with Crippen molar-refractivity contribution in [1.82, 2.24) is 19.7 Å². The molecular formula is C11H13N4Y-. The van der Waals surface area contributed by atoms with Gasteiger partial charge >= 0.3 is 0 Å². The monoisotopic (exact) mass is 290 g/mol. The SMILES string of the molecule is CC(C)c1[c-]nc(-c2ccn(C)n2)cn1.[Y]. The molecule has 0 unspecified atom stereocenters. The Kier molecular flexibility index (Phi) is 4.75. The van der Waals surface area contributed by atoms with E-state index >= 15 is 0 Å². The summed E-state index contributed by atoms with van der Waals surface area (Å²) >= 11 is 0. The van der Waals surface area contributed by atoms with Crippen molar-refractivity contribution >= 4 is 0 Å². The zero-order valence-electron chi connectivity index (χ0n) is 9.68. The van der Waals surface area contributed by atoms with Crippen molar-refractivity contribution in [2.45, 2.75) is 19.8 Å². The smallest absolute Gasteiger partial charge is 0.0303 e. The largest absolute Gasteiger partial charge is 0.447 e. The van der Waals surface area contributed by atoms with Crippen molar-refractivity contribution in [3.8, 4) is 11.4 Å². The molecule has 4 nitrogen and oxygen atoms in total. The standard InChI is InChI=1S/C11H13N4.Y/c1-8(2)10-6-13-11(7-12-10)9-4-5-15(3)14-9;/h4-5,7-8H,1-3H3;/q-1;. The average Bonchev–Trinajstić information content (AvgIpc) is 2.65. The summed E-state index contributed by atoms with van der Waals surface area (Å²) in [5, 5.41) is 4.25. The molecule has 16 heavy (non-hydrogen) atoms. The van der Waals surface area contributed by atoms with Crippen LogP contribution in [0.25, 0.3) is 11.4 Å². The molecule has 0 aliphatic heterocycles. The number of hydrogen-bond donors (Lipinski definition) is 0. The minimum Gasteiger partial charge on any atom is -0.447 e. The molecule has 0 fully saturated rings. The van der Waals surface area contributed by atoms with Gasteiger partial charge in [0.1, 0.15) is 0 Å². The molecule has 2 heterocycles. The second-order valence-corrected chi connectivity index (χ2v) is 3.78. The minimum absolute atomic E-state index is 0. The van der Waals surface area contributed by atoms with Crippen LogP contribution < -0.4 is 0 Å². The van der Waals surface area contributed by atoms with Crippen LogP contribution in [0.5, 0.6) is 0 Å². The number of hydrogen-bond acceptors (Lipinski definition) is 3. The predicted octanol–water partition coefficient (Wildman–Crippen LogP) is 1.80. The molecule has 2 aromatic rings. The first-order valence-corrected chi connectivity index (χ1v) is 4.91. The van der Waals surface area contributed by atoms with Gasteiger partial charge in [-0.3, -0.25) is 9.67 Å². The fourth-order valence-corrected chi connectivity index (χ4v) is 1.26. The number of rotatable bonds is 2. The van der Waals surface area contributed by atoms with E-state index in [9.17, 15) is 0 Å². The van der Waals surface area contributed by atoms with Gasteiger partial charge in [0.2, 0.25) is 0 Å². The molecule has 2 rings (SSSR count). The van der Waals surface area contributed by atoms with Crippen LogP contribution in [0.4, 0.5) is 0 Å². The third-order valence-electron chi connectivity index (χ3n) is 2.14. The average molecular weight is 290 g/mol. The third kappa shape index (κ3) is 2.95. The molecule has 0 bridgehead atoms. The Labute approximate surface area is 120 Å². The fraction of sp³-hybridized carbons (Fsp3) is 0.364. The summed E-state index contributed by atoms with van der Waals surface area (Å²) < 4.78 is 1.74. The summed E-state index contributed by atoms with van der Waals surface area (Å²) in [6.45, 7) is 4.14. The van der Waals surface area contributed by atoms with Gasteiger partial charge in [-0.15, -0.1) is 6.20 Å². The van der Waals surface area contributed by atoms with Gasteiger partial charge < -0.3 is 4.98 Å². The van der Waals surface area contributed by atoms with Crippen LogP contribution in [0, 0.1) is 6.20 Å². The van der Waals surface area contributed by atoms with Crippen LogP contribution in [-0.2, 0) is 39.8 Å².